The highest BCUT2D eigenvalue weighted by Gasteiger charge is 2.19. The molecule has 0 saturated carbocycles. The van der Waals surface area contributed by atoms with Crippen molar-refractivity contribution in [2.75, 3.05) is 11.1 Å². The summed E-state index contributed by atoms with van der Waals surface area (Å²) in [6.07, 6.45) is 0. The Labute approximate surface area is 172 Å². The van der Waals surface area contributed by atoms with E-state index in [4.69, 9.17) is 0 Å². The molecule has 2 heterocycles. The van der Waals surface area contributed by atoms with Crippen molar-refractivity contribution in [3.05, 3.63) is 57.0 Å². The van der Waals surface area contributed by atoms with Gasteiger partial charge in [-0.1, -0.05) is 43.8 Å². The van der Waals surface area contributed by atoms with Gasteiger partial charge < -0.3 is 5.32 Å². The van der Waals surface area contributed by atoms with Crippen molar-refractivity contribution >= 4 is 34.4 Å². The molecule has 1 amide bonds. The van der Waals surface area contributed by atoms with Crippen LogP contribution >= 0.6 is 11.8 Å². The Morgan fingerprint density at radius 3 is 2.52 bits per heavy atom. The molecule has 0 atom stereocenters. The first kappa shape index (κ1) is 20.8. The van der Waals surface area contributed by atoms with Crippen LogP contribution in [-0.2, 0) is 18.4 Å². The summed E-state index contributed by atoms with van der Waals surface area (Å²) < 4.78 is 2.57. The smallest absolute Gasteiger partial charge is 0.325 e. The van der Waals surface area contributed by atoms with Gasteiger partial charge in [0.15, 0.2) is 5.65 Å². The highest BCUT2D eigenvalue weighted by Crippen LogP contribution is 2.23. The molecule has 1 N–H and O–H groups in total. The van der Waals surface area contributed by atoms with E-state index in [2.05, 4.69) is 15.3 Å². The maximum Gasteiger partial charge on any atom is 0.332 e. The number of fused-ring (bicyclic) bond motifs is 1. The standard InChI is InChI=1S/C20H23N5O3S/c1-12(2)10-25-17-16(19(27)24(4)20(25)28)18(22-13(3)21-17)29-11-15(26)23-14-8-6-5-7-9-14/h5-9,12H,10-11H2,1-4H3,(H,23,26). The van der Waals surface area contributed by atoms with Gasteiger partial charge in [-0.2, -0.15) is 0 Å². The van der Waals surface area contributed by atoms with Gasteiger partial charge in [0.2, 0.25) is 5.91 Å². The van der Waals surface area contributed by atoms with Gasteiger partial charge in [-0.05, 0) is 25.0 Å². The van der Waals surface area contributed by atoms with Gasteiger partial charge in [-0.3, -0.25) is 18.7 Å². The highest BCUT2D eigenvalue weighted by molar-refractivity contribution is 8.00. The van der Waals surface area contributed by atoms with Crippen molar-refractivity contribution in [3.63, 3.8) is 0 Å². The van der Waals surface area contributed by atoms with Crippen LogP contribution in [0.2, 0.25) is 0 Å². The Bertz CT molecular complexity index is 1170. The van der Waals surface area contributed by atoms with E-state index in [0.29, 0.717) is 28.7 Å². The van der Waals surface area contributed by atoms with E-state index in [1.54, 1.807) is 19.1 Å². The first-order chi connectivity index (χ1) is 13.8. The molecule has 1 aromatic carbocycles. The maximum absolute atomic E-state index is 12.8. The molecule has 0 radical (unpaired) electrons. The fourth-order valence-corrected chi connectivity index (χ4v) is 3.79. The molecule has 0 aliphatic carbocycles. The average molecular weight is 414 g/mol. The van der Waals surface area contributed by atoms with Crippen LogP contribution in [-0.4, -0.2) is 30.8 Å². The lowest BCUT2D eigenvalue weighted by atomic mass is 10.2. The molecule has 0 aliphatic heterocycles. The number of para-hydroxylation sites is 1. The van der Waals surface area contributed by atoms with Gasteiger partial charge in [-0.25, -0.2) is 14.8 Å². The first-order valence-electron chi connectivity index (χ1n) is 9.23. The molecular weight excluding hydrogens is 390 g/mol. The molecule has 0 saturated heterocycles. The summed E-state index contributed by atoms with van der Waals surface area (Å²) in [7, 11) is 1.44. The number of carbonyl (C=O) groups is 1. The normalized spacial score (nSPS) is 11.2. The zero-order valence-electron chi connectivity index (χ0n) is 16.8. The van der Waals surface area contributed by atoms with Gasteiger partial charge in [0.05, 0.1) is 5.75 Å². The quantitative estimate of drug-likeness (QED) is 0.491. The monoisotopic (exact) mass is 413 g/mol. The molecule has 9 heteroatoms. The summed E-state index contributed by atoms with van der Waals surface area (Å²) in [5.74, 6) is 0.496. The number of nitrogens with one attached hydrogen (secondary N) is 1. The molecule has 0 unspecified atom stereocenters. The second-order valence-electron chi connectivity index (χ2n) is 7.13. The molecule has 0 fully saturated rings. The average Bonchev–Trinajstić information content (AvgIpc) is 2.68. The molecule has 0 aliphatic rings. The topological polar surface area (TPSA) is 98.9 Å². The van der Waals surface area contributed by atoms with Crippen LogP contribution in [0.25, 0.3) is 11.0 Å². The Hall–Kier alpha value is -2.94. The second kappa shape index (κ2) is 8.60. The number of rotatable bonds is 6. The molecular formula is C20H23N5O3S. The van der Waals surface area contributed by atoms with Crippen molar-refractivity contribution in [1.82, 2.24) is 19.1 Å². The van der Waals surface area contributed by atoms with E-state index in [0.717, 1.165) is 16.3 Å². The number of hydrogen-bond donors (Lipinski definition) is 1. The fourth-order valence-electron chi connectivity index (χ4n) is 2.93. The Morgan fingerprint density at radius 2 is 1.86 bits per heavy atom. The molecule has 0 bridgehead atoms. The molecule has 29 heavy (non-hydrogen) atoms. The largest absolute Gasteiger partial charge is 0.332 e. The predicted octanol–water partition coefficient (Wildman–Crippen LogP) is 2.19. The van der Waals surface area contributed by atoms with Crippen LogP contribution in [0.15, 0.2) is 44.9 Å². The number of carbonyl (C=O) groups excluding carboxylic acids is 1. The van der Waals surface area contributed by atoms with Crippen molar-refractivity contribution in [2.24, 2.45) is 13.0 Å². The van der Waals surface area contributed by atoms with Gasteiger partial charge in [-0.15, -0.1) is 0 Å². The molecule has 0 spiro atoms. The van der Waals surface area contributed by atoms with Crippen LogP contribution < -0.4 is 16.6 Å². The van der Waals surface area contributed by atoms with Crippen LogP contribution in [0.1, 0.15) is 19.7 Å². The fraction of sp³-hybridized carbons (Fsp3) is 0.350. The van der Waals surface area contributed by atoms with E-state index >= 15 is 0 Å². The van der Waals surface area contributed by atoms with E-state index in [1.807, 2.05) is 32.0 Å². The van der Waals surface area contributed by atoms with E-state index in [9.17, 15) is 14.4 Å². The Kier molecular flexibility index (Phi) is 6.17. The summed E-state index contributed by atoms with van der Waals surface area (Å²) in [5, 5.41) is 3.46. The minimum Gasteiger partial charge on any atom is -0.325 e. The van der Waals surface area contributed by atoms with Gasteiger partial charge in [0.1, 0.15) is 16.2 Å². The van der Waals surface area contributed by atoms with E-state index in [-0.39, 0.29) is 23.0 Å². The Balaban J connectivity index is 2.00. The van der Waals surface area contributed by atoms with Crippen molar-refractivity contribution < 1.29 is 4.79 Å². The van der Waals surface area contributed by atoms with Crippen LogP contribution in [0.3, 0.4) is 0 Å². The summed E-state index contributed by atoms with van der Waals surface area (Å²) in [5.41, 5.74) is 0.136. The number of nitrogens with zero attached hydrogens (tertiary/aromatic N) is 4. The zero-order valence-corrected chi connectivity index (χ0v) is 17.6. The highest BCUT2D eigenvalue weighted by atomic mass is 32.2. The van der Waals surface area contributed by atoms with Crippen LogP contribution in [0.4, 0.5) is 5.69 Å². The van der Waals surface area contributed by atoms with Crippen molar-refractivity contribution in [2.45, 2.75) is 32.3 Å². The lowest BCUT2D eigenvalue weighted by molar-refractivity contribution is -0.113. The second-order valence-corrected chi connectivity index (χ2v) is 8.09. The van der Waals surface area contributed by atoms with Crippen LogP contribution in [0, 0.1) is 12.8 Å². The third-order valence-electron chi connectivity index (χ3n) is 4.21. The third-order valence-corrected chi connectivity index (χ3v) is 5.18. The molecule has 3 rings (SSSR count). The van der Waals surface area contributed by atoms with Gasteiger partial charge in [0.25, 0.3) is 5.56 Å². The van der Waals surface area contributed by atoms with E-state index < -0.39 is 11.2 Å². The van der Waals surface area contributed by atoms with Crippen molar-refractivity contribution in [1.29, 1.82) is 0 Å². The SMILES string of the molecule is Cc1nc(SCC(=O)Nc2ccccc2)c2c(=O)n(C)c(=O)n(CC(C)C)c2n1. The number of anilines is 1. The number of hydrogen-bond acceptors (Lipinski definition) is 6. The molecule has 152 valence electrons. The Morgan fingerprint density at radius 1 is 1.17 bits per heavy atom. The minimum atomic E-state index is -0.462. The third kappa shape index (κ3) is 4.56. The summed E-state index contributed by atoms with van der Waals surface area (Å²) in [6.45, 7) is 6.11. The summed E-state index contributed by atoms with van der Waals surface area (Å²) in [4.78, 5) is 46.5. The molecule has 2 aromatic heterocycles. The van der Waals surface area contributed by atoms with E-state index in [1.165, 1.54) is 11.6 Å². The number of aryl methyl sites for hydroxylation is 1. The lowest BCUT2D eigenvalue weighted by Gasteiger charge is -2.15. The van der Waals surface area contributed by atoms with Crippen molar-refractivity contribution in [3.8, 4) is 0 Å². The summed E-state index contributed by atoms with van der Waals surface area (Å²) in [6, 6.07) is 9.14. The van der Waals surface area contributed by atoms with Gasteiger partial charge in [0, 0.05) is 19.3 Å². The number of amides is 1. The zero-order chi connectivity index (χ0) is 21.1. The van der Waals surface area contributed by atoms with Gasteiger partial charge >= 0.3 is 5.69 Å². The maximum atomic E-state index is 12.8. The molecule has 8 nitrogen and oxygen atoms in total. The summed E-state index contributed by atoms with van der Waals surface area (Å²) >= 11 is 1.16. The number of benzene rings is 1. The predicted molar refractivity (Wildman–Crippen MR) is 114 cm³/mol. The number of aromatic nitrogens is 4. The minimum absolute atomic E-state index is 0.0763. The number of thioether (sulfide) groups is 1. The molecule has 3 aromatic rings. The van der Waals surface area contributed by atoms with Crippen LogP contribution in [0.5, 0.6) is 0 Å². The lowest BCUT2D eigenvalue weighted by Crippen LogP contribution is -2.39. The first-order valence-corrected chi connectivity index (χ1v) is 10.2.